The third-order valence-electron chi connectivity index (χ3n) is 6.01. The van der Waals surface area contributed by atoms with Gasteiger partial charge < -0.3 is 10.0 Å². The van der Waals surface area contributed by atoms with Crippen molar-refractivity contribution in [3.8, 4) is 5.69 Å². The average Bonchev–Trinajstić information content (AvgIpc) is 2.88. The van der Waals surface area contributed by atoms with Crippen molar-refractivity contribution in [2.24, 2.45) is 0 Å². The van der Waals surface area contributed by atoms with E-state index in [-0.39, 0.29) is 0 Å². The van der Waals surface area contributed by atoms with Crippen LogP contribution in [0.15, 0.2) is 30.3 Å². The summed E-state index contributed by atoms with van der Waals surface area (Å²) in [4.78, 5) is 2.49. The van der Waals surface area contributed by atoms with Gasteiger partial charge in [-0.25, -0.2) is 4.68 Å². The second-order valence-electron chi connectivity index (χ2n) is 7.73. The van der Waals surface area contributed by atoms with E-state index in [1.54, 1.807) is 0 Å². The molecule has 128 valence electrons. The minimum Gasteiger partial charge on any atom is -0.385 e. The van der Waals surface area contributed by atoms with Crippen LogP contribution in [0.2, 0.25) is 0 Å². The second kappa shape index (κ2) is 5.71. The first kappa shape index (κ1) is 15.9. The summed E-state index contributed by atoms with van der Waals surface area (Å²) in [5.41, 5.74) is 3.50. The Kier molecular flexibility index (Phi) is 3.77. The zero-order chi connectivity index (χ0) is 16.9. The van der Waals surface area contributed by atoms with Gasteiger partial charge in [0.05, 0.1) is 17.0 Å². The van der Waals surface area contributed by atoms with Gasteiger partial charge in [0, 0.05) is 17.8 Å². The lowest BCUT2D eigenvalue weighted by Crippen LogP contribution is -2.55. The standard InChI is InChI=1S/C20H27N3O/c1-14-10-15(2)23(21-14)17-7-4-6-16(11-17)20(24)12-18-8-5-9-19(13-20)22(18)3/h4,6-7,10-11,18-19,24H,5,8-9,12-13H2,1-3H3. The van der Waals surface area contributed by atoms with Crippen LogP contribution in [0.5, 0.6) is 0 Å². The molecule has 0 radical (unpaired) electrons. The molecule has 2 bridgehead atoms. The monoisotopic (exact) mass is 325 g/mol. The highest BCUT2D eigenvalue weighted by Gasteiger charge is 2.44. The number of nitrogens with zero attached hydrogens (tertiary/aromatic N) is 3. The summed E-state index contributed by atoms with van der Waals surface area (Å²) in [7, 11) is 2.22. The highest BCUT2D eigenvalue weighted by atomic mass is 16.3. The Morgan fingerprint density at radius 2 is 1.83 bits per heavy atom. The molecule has 1 aromatic carbocycles. The second-order valence-corrected chi connectivity index (χ2v) is 7.73. The molecule has 0 amide bonds. The average molecular weight is 325 g/mol. The van der Waals surface area contributed by atoms with E-state index in [2.05, 4.69) is 48.2 Å². The predicted molar refractivity (Wildman–Crippen MR) is 95.4 cm³/mol. The van der Waals surface area contributed by atoms with E-state index in [1.165, 1.54) is 19.3 Å². The Labute approximate surface area is 144 Å². The van der Waals surface area contributed by atoms with Crippen molar-refractivity contribution in [3.05, 3.63) is 47.3 Å². The van der Waals surface area contributed by atoms with Gasteiger partial charge in [0.15, 0.2) is 0 Å². The fraction of sp³-hybridized carbons (Fsp3) is 0.550. The number of hydrogen-bond donors (Lipinski definition) is 1. The van der Waals surface area contributed by atoms with Gasteiger partial charge >= 0.3 is 0 Å². The minimum absolute atomic E-state index is 0.500. The van der Waals surface area contributed by atoms with Crippen molar-refractivity contribution >= 4 is 0 Å². The molecule has 2 saturated heterocycles. The lowest BCUT2D eigenvalue weighted by Gasteiger charge is -2.50. The summed E-state index contributed by atoms with van der Waals surface area (Å²) in [6, 6.07) is 11.4. The van der Waals surface area contributed by atoms with Crippen molar-refractivity contribution < 1.29 is 5.11 Å². The third kappa shape index (κ3) is 2.58. The first-order chi connectivity index (χ1) is 11.5. The fourth-order valence-electron chi connectivity index (χ4n) is 4.70. The quantitative estimate of drug-likeness (QED) is 0.921. The first-order valence-electron chi connectivity index (χ1n) is 9.05. The third-order valence-corrected chi connectivity index (χ3v) is 6.01. The molecule has 2 aliphatic heterocycles. The number of aromatic nitrogens is 2. The Balaban J connectivity index is 1.69. The summed E-state index contributed by atoms with van der Waals surface area (Å²) in [5.74, 6) is 0. The predicted octanol–water partition coefficient (Wildman–Crippen LogP) is 3.32. The zero-order valence-electron chi connectivity index (χ0n) is 14.9. The van der Waals surface area contributed by atoms with Crippen LogP contribution >= 0.6 is 0 Å². The van der Waals surface area contributed by atoms with E-state index in [0.717, 1.165) is 35.5 Å². The molecule has 4 nitrogen and oxygen atoms in total. The number of hydrogen-bond acceptors (Lipinski definition) is 3. The number of rotatable bonds is 2. The lowest BCUT2D eigenvalue weighted by molar-refractivity contribution is -0.0874. The van der Waals surface area contributed by atoms with E-state index in [9.17, 15) is 5.11 Å². The molecule has 2 atom stereocenters. The molecule has 24 heavy (non-hydrogen) atoms. The van der Waals surface area contributed by atoms with Crippen molar-refractivity contribution in [1.29, 1.82) is 0 Å². The normalized spacial score (nSPS) is 30.5. The van der Waals surface area contributed by atoms with Crippen LogP contribution < -0.4 is 0 Å². The van der Waals surface area contributed by atoms with Gasteiger partial charge in [0.2, 0.25) is 0 Å². The Bertz CT molecular complexity index is 737. The van der Waals surface area contributed by atoms with Crippen LogP contribution in [0.1, 0.15) is 49.1 Å². The Morgan fingerprint density at radius 1 is 1.12 bits per heavy atom. The molecular weight excluding hydrogens is 298 g/mol. The topological polar surface area (TPSA) is 41.3 Å². The largest absolute Gasteiger partial charge is 0.385 e. The maximum absolute atomic E-state index is 11.5. The van der Waals surface area contributed by atoms with Crippen LogP contribution in [-0.2, 0) is 5.60 Å². The molecule has 4 heteroatoms. The Morgan fingerprint density at radius 3 is 2.46 bits per heavy atom. The molecule has 3 heterocycles. The fourth-order valence-corrected chi connectivity index (χ4v) is 4.70. The van der Waals surface area contributed by atoms with Gasteiger partial charge in [0.1, 0.15) is 0 Å². The summed E-state index contributed by atoms with van der Waals surface area (Å²) in [5, 5.41) is 16.0. The minimum atomic E-state index is -0.714. The summed E-state index contributed by atoms with van der Waals surface area (Å²) in [6.45, 7) is 4.08. The number of aliphatic hydroxyl groups is 1. The first-order valence-corrected chi connectivity index (χ1v) is 9.05. The molecule has 1 N–H and O–H groups in total. The van der Waals surface area contributed by atoms with Crippen molar-refractivity contribution in [1.82, 2.24) is 14.7 Å². The molecule has 2 aliphatic rings. The highest BCUT2D eigenvalue weighted by Crippen LogP contribution is 2.43. The van der Waals surface area contributed by atoms with Crippen LogP contribution in [0, 0.1) is 13.8 Å². The summed E-state index contributed by atoms with van der Waals surface area (Å²) >= 11 is 0. The number of fused-ring (bicyclic) bond motifs is 2. The lowest BCUT2D eigenvalue weighted by atomic mass is 9.73. The molecular formula is C20H27N3O. The molecule has 0 aliphatic carbocycles. The zero-order valence-corrected chi connectivity index (χ0v) is 14.9. The molecule has 4 rings (SSSR count). The van der Waals surface area contributed by atoms with E-state index in [1.807, 2.05) is 17.7 Å². The molecule has 0 saturated carbocycles. The van der Waals surface area contributed by atoms with Gasteiger partial charge in [-0.1, -0.05) is 18.6 Å². The van der Waals surface area contributed by atoms with Gasteiger partial charge in [-0.2, -0.15) is 5.10 Å². The Hall–Kier alpha value is -1.65. The van der Waals surface area contributed by atoms with Gasteiger partial charge in [-0.3, -0.25) is 0 Å². The van der Waals surface area contributed by atoms with E-state index >= 15 is 0 Å². The SMILES string of the molecule is Cc1cc(C)n(-c2cccc(C3(O)CC4CCCC(C3)N4C)c2)n1. The van der Waals surface area contributed by atoms with Crippen LogP contribution in [0.3, 0.4) is 0 Å². The molecule has 2 aromatic rings. The highest BCUT2D eigenvalue weighted by molar-refractivity contribution is 5.40. The smallest absolute Gasteiger partial charge is 0.0927 e. The number of aryl methyl sites for hydroxylation is 2. The van der Waals surface area contributed by atoms with E-state index in [0.29, 0.717) is 12.1 Å². The molecule has 1 aromatic heterocycles. The maximum Gasteiger partial charge on any atom is 0.0927 e. The summed E-state index contributed by atoms with van der Waals surface area (Å²) < 4.78 is 1.97. The number of piperidine rings is 2. The van der Waals surface area contributed by atoms with E-state index < -0.39 is 5.60 Å². The number of benzene rings is 1. The maximum atomic E-state index is 11.5. The van der Waals surface area contributed by atoms with Crippen molar-refractivity contribution in [3.63, 3.8) is 0 Å². The molecule has 0 spiro atoms. The van der Waals surface area contributed by atoms with Crippen LogP contribution in [0.25, 0.3) is 5.69 Å². The summed E-state index contributed by atoms with van der Waals surface area (Å²) in [6.07, 6.45) is 5.36. The van der Waals surface area contributed by atoms with Gasteiger partial charge in [0.25, 0.3) is 0 Å². The van der Waals surface area contributed by atoms with Crippen molar-refractivity contribution in [2.75, 3.05) is 7.05 Å². The molecule has 2 unspecified atom stereocenters. The van der Waals surface area contributed by atoms with Gasteiger partial charge in [-0.15, -0.1) is 0 Å². The van der Waals surface area contributed by atoms with Gasteiger partial charge in [-0.05, 0) is 70.3 Å². The van der Waals surface area contributed by atoms with Crippen LogP contribution in [-0.4, -0.2) is 38.9 Å². The van der Waals surface area contributed by atoms with Crippen molar-refractivity contribution in [2.45, 2.75) is 63.6 Å². The van der Waals surface area contributed by atoms with E-state index in [4.69, 9.17) is 0 Å². The molecule has 2 fully saturated rings. The van der Waals surface area contributed by atoms with Crippen LogP contribution in [0.4, 0.5) is 0 Å².